The van der Waals surface area contributed by atoms with Crippen molar-refractivity contribution in [2.24, 2.45) is 0 Å². The maximum atomic E-state index is 13.3. The summed E-state index contributed by atoms with van der Waals surface area (Å²) in [7, 11) is 0. The molecule has 7 nitrogen and oxygen atoms in total. The van der Waals surface area contributed by atoms with Gasteiger partial charge in [-0.25, -0.2) is 4.79 Å². The second-order valence-corrected chi connectivity index (χ2v) is 7.70. The number of allylic oxidation sites excluding steroid dienone is 2. The number of amides is 2. The van der Waals surface area contributed by atoms with Crippen LogP contribution in [0.1, 0.15) is 54.3 Å². The number of hydrogen-bond donors (Lipinski definition) is 3. The van der Waals surface area contributed by atoms with Gasteiger partial charge in [0.15, 0.2) is 0 Å². The molecule has 4 rings (SSSR count). The number of carbonyl (C=O) groups is 3. The number of rotatable bonds is 6. The molecule has 0 atom stereocenters. The van der Waals surface area contributed by atoms with Crippen LogP contribution in [0, 0.1) is 0 Å². The van der Waals surface area contributed by atoms with E-state index in [9.17, 15) is 14.4 Å². The van der Waals surface area contributed by atoms with Crippen molar-refractivity contribution in [2.75, 3.05) is 30.3 Å². The second kappa shape index (κ2) is 10.1. The molecule has 168 valence electrons. The average Bonchev–Trinajstić information content (AvgIpc) is 3.31. The highest BCUT2D eigenvalue weighted by Crippen LogP contribution is 2.31. The number of Topliss-reactive ketones (excluding diaryl/α,β-unsaturated/α-hetero) is 2. The molecule has 0 aromatic heterocycles. The van der Waals surface area contributed by atoms with Gasteiger partial charge in [0.2, 0.25) is 11.6 Å². The molecular weight excluding hydrogens is 404 g/mol. The fraction of sp³-hybridized carbons (Fsp3) is 0.320. The number of fused-ring (bicyclic) bond motifs is 1. The lowest BCUT2D eigenvalue weighted by Crippen LogP contribution is -2.35. The third kappa shape index (κ3) is 4.66. The predicted molar refractivity (Wildman–Crippen MR) is 127 cm³/mol. The van der Waals surface area contributed by atoms with E-state index in [1.54, 1.807) is 48.5 Å². The molecule has 0 saturated carbocycles. The summed E-state index contributed by atoms with van der Waals surface area (Å²) < 4.78 is 0. The van der Waals surface area contributed by atoms with Crippen molar-refractivity contribution in [3.05, 3.63) is 71.1 Å². The third-order valence-electron chi connectivity index (χ3n) is 5.47. The first-order chi connectivity index (χ1) is 15.1. The van der Waals surface area contributed by atoms with Crippen molar-refractivity contribution >= 4 is 29.0 Å². The normalized spacial score (nSPS) is 15.2. The number of ketones is 2. The number of nitrogens with zero attached hydrogens (tertiary/aromatic N) is 1. The Morgan fingerprint density at radius 3 is 2.12 bits per heavy atom. The van der Waals surface area contributed by atoms with Crippen LogP contribution in [-0.2, 0) is 0 Å². The Morgan fingerprint density at radius 1 is 0.906 bits per heavy atom. The summed E-state index contributed by atoms with van der Waals surface area (Å²) in [6.45, 7) is 4.12. The van der Waals surface area contributed by atoms with Crippen molar-refractivity contribution in [1.82, 2.24) is 10.2 Å². The Bertz CT molecular complexity index is 1040. The molecule has 1 saturated heterocycles. The van der Waals surface area contributed by atoms with Gasteiger partial charge in [-0.15, -0.1) is 0 Å². The van der Waals surface area contributed by atoms with Gasteiger partial charge in [-0.3, -0.25) is 9.59 Å². The zero-order chi connectivity index (χ0) is 21.8. The standard InChI is InChI=1S/C24H26N4O3.CH4/c1-2-13-25-24(31)27-17-11-9-16(10-12-17)26-20-21(28-14-5-6-15-28)23(30)19-8-4-3-7-18(19)22(20)29;/h3-4,7-12,26H,2,5-6,13-15H2,1H3,(H2,25,27,31);1H4. The third-order valence-corrected chi connectivity index (χ3v) is 5.47. The first-order valence-corrected chi connectivity index (χ1v) is 10.7. The number of urea groups is 1. The van der Waals surface area contributed by atoms with Crippen LogP contribution < -0.4 is 16.0 Å². The lowest BCUT2D eigenvalue weighted by Gasteiger charge is -2.28. The summed E-state index contributed by atoms with van der Waals surface area (Å²) in [5.41, 5.74) is 2.95. The van der Waals surface area contributed by atoms with Crippen molar-refractivity contribution < 1.29 is 14.4 Å². The first kappa shape index (κ1) is 23.1. The van der Waals surface area contributed by atoms with E-state index >= 15 is 0 Å². The Balaban J connectivity index is 0.00000289. The fourth-order valence-electron chi connectivity index (χ4n) is 3.92. The summed E-state index contributed by atoms with van der Waals surface area (Å²) in [4.78, 5) is 40.4. The predicted octanol–water partition coefficient (Wildman–Crippen LogP) is 4.65. The highest BCUT2D eigenvalue weighted by Gasteiger charge is 2.36. The molecule has 1 aliphatic carbocycles. The molecule has 0 unspecified atom stereocenters. The monoisotopic (exact) mass is 434 g/mol. The Kier molecular flexibility index (Phi) is 7.30. The number of hydrogen-bond acceptors (Lipinski definition) is 5. The van der Waals surface area contributed by atoms with Crippen LogP contribution in [0.5, 0.6) is 0 Å². The molecule has 0 radical (unpaired) electrons. The molecule has 2 aromatic carbocycles. The largest absolute Gasteiger partial charge is 0.367 e. The number of anilines is 2. The molecule has 3 N–H and O–H groups in total. The van der Waals surface area contributed by atoms with Gasteiger partial charge in [0, 0.05) is 42.1 Å². The van der Waals surface area contributed by atoms with Crippen LogP contribution in [0.2, 0.25) is 0 Å². The van der Waals surface area contributed by atoms with Crippen LogP contribution in [-0.4, -0.2) is 42.1 Å². The SMILES string of the molecule is C.CCCNC(=O)Nc1ccc(NC2=C(N3CCCC3)C(=O)c3ccccc3C2=O)cc1. The van der Waals surface area contributed by atoms with E-state index in [0.29, 0.717) is 40.4 Å². The smallest absolute Gasteiger partial charge is 0.319 e. The van der Waals surface area contributed by atoms with Crippen LogP contribution in [0.3, 0.4) is 0 Å². The van der Waals surface area contributed by atoms with E-state index in [1.807, 2.05) is 11.8 Å². The van der Waals surface area contributed by atoms with Crippen molar-refractivity contribution in [3.8, 4) is 0 Å². The molecule has 0 spiro atoms. The molecule has 2 amide bonds. The van der Waals surface area contributed by atoms with Gasteiger partial charge < -0.3 is 20.9 Å². The van der Waals surface area contributed by atoms with E-state index in [4.69, 9.17) is 0 Å². The molecule has 32 heavy (non-hydrogen) atoms. The van der Waals surface area contributed by atoms with Crippen LogP contribution in [0.15, 0.2) is 59.9 Å². The molecule has 7 heteroatoms. The van der Waals surface area contributed by atoms with Gasteiger partial charge in [-0.05, 0) is 43.5 Å². The minimum Gasteiger partial charge on any atom is -0.367 e. The molecule has 1 aliphatic heterocycles. The second-order valence-electron chi connectivity index (χ2n) is 7.70. The van der Waals surface area contributed by atoms with Crippen molar-refractivity contribution in [1.29, 1.82) is 0 Å². The summed E-state index contributed by atoms with van der Waals surface area (Å²) in [6.07, 6.45) is 2.86. The van der Waals surface area contributed by atoms with E-state index in [-0.39, 0.29) is 25.0 Å². The topological polar surface area (TPSA) is 90.5 Å². The number of carbonyl (C=O) groups excluding carboxylic acids is 3. The van der Waals surface area contributed by atoms with E-state index in [2.05, 4.69) is 16.0 Å². The average molecular weight is 435 g/mol. The summed E-state index contributed by atoms with van der Waals surface area (Å²) >= 11 is 0. The van der Waals surface area contributed by atoms with Crippen LogP contribution in [0.4, 0.5) is 16.2 Å². The lowest BCUT2D eigenvalue weighted by molar-refractivity contribution is 0.0948. The zero-order valence-electron chi connectivity index (χ0n) is 17.5. The van der Waals surface area contributed by atoms with Gasteiger partial charge in [0.1, 0.15) is 11.4 Å². The quantitative estimate of drug-likeness (QED) is 0.616. The summed E-state index contributed by atoms with van der Waals surface area (Å²) in [5, 5.41) is 8.71. The number of likely N-dealkylation sites (tertiary alicyclic amines) is 1. The van der Waals surface area contributed by atoms with E-state index in [1.165, 1.54) is 0 Å². The summed E-state index contributed by atoms with van der Waals surface area (Å²) in [6, 6.07) is 13.8. The van der Waals surface area contributed by atoms with E-state index < -0.39 is 0 Å². The maximum Gasteiger partial charge on any atom is 0.319 e. The van der Waals surface area contributed by atoms with Crippen molar-refractivity contribution in [3.63, 3.8) is 0 Å². The molecule has 2 aliphatic rings. The zero-order valence-corrected chi connectivity index (χ0v) is 17.5. The van der Waals surface area contributed by atoms with E-state index in [0.717, 1.165) is 32.4 Å². The molecule has 1 fully saturated rings. The minimum atomic E-state index is -0.258. The highest BCUT2D eigenvalue weighted by atomic mass is 16.2. The lowest BCUT2D eigenvalue weighted by atomic mass is 9.89. The van der Waals surface area contributed by atoms with Gasteiger partial charge in [-0.1, -0.05) is 38.6 Å². The van der Waals surface area contributed by atoms with Gasteiger partial charge in [0.25, 0.3) is 0 Å². The maximum absolute atomic E-state index is 13.3. The highest BCUT2D eigenvalue weighted by molar-refractivity contribution is 6.27. The summed E-state index contributed by atoms with van der Waals surface area (Å²) in [5.74, 6) is -0.302. The Morgan fingerprint density at radius 2 is 1.50 bits per heavy atom. The molecule has 1 heterocycles. The minimum absolute atomic E-state index is 0. The fourth-order valence-corrected chi connectivity index (χ4v) is 3.92. The van der Waals surface area contributed by atoms with Crippen LogP contribution in [0.25, 0.3) is 0 Å². The van der Waals surface area contributed by atoms with Gasteiger partial charge >= 0.3 is 6.03 Å². The Hall–Kier alpha value is -3.61. The first-order valence-electron chi connectivity index (χ1n) is 10.7. The Labute approximate surface area is 188 Å². The van der Waals surface area contributed by atoms with Crippen molar-refractivity contribution in [2.45, 2.75) is 33.6 Å². The molecule has 2 aromatic rings. The van der Waals surface area contributed by atoms with Gasteiger partial charge in [0.05, 0.1) is 0 Å². The van der Waals surface area contributed by atoms with Crippen LogP contribution >= 0.6 is 0 Å². The molecule has 0 bridgehead atoms. The number of nitrogens with one attached hydrogen (secondary N) is 3. The van der Waals surface area contributed by atoms with Gasteiger partial charge in [-0.2, -0.15) is 0 Å². The number of benzene rings is 2. The molecular formula is C25H30N4O3.